The summed E-state index contributed by atoms with van der Waals surface area (Å²) in [7, 11) is 0. The van der Waals surface area contributed by atoms with Gasteiger partial charge in [-0.25, -0.2) is 0 Å². The second kappa shape index (κ2) is 5.34. The third kappa shape index (κ3) is 2.62. The summed E-state index contributed by atoms with van der Waals surface area (Å²) in [6.45, 7) is 2.30. The van der Waals surface area contributed by atoms with E-state index in [1.54, 1.807) is 5.56 Å². The summed E-state index contributed by atoms with van der Waals surface area (Å²) >= 11 is 0. The zero-order valence-electron chi connectivity index (χ0n) is 9.78. The number of rotatable bonds is 4. The summed E-state index contributed by atoms with van der Waals surface area (Å²) in [4.78, 5) is 0. The molecule has 0 N–H and O–H groups in total. The van der Waals surface area contributed by atoms with Crippen LogP contribution in [0, 0.1) is 5.92 Å². The Balaban J connectivity index is 2.01. The van der Waals surface area contributed by atoms with E-state index >= 15 is 0 Å². The van der Waals surface area contributed by atoms with Crippen LogP contribution in [0.15, 0.2) is 30.3 Å². The lowest BCUT2D eigenvalue weighted by Gasteiger charge is -2.19. The van der Waals surface area contributed by atoms with Crippen LogP contribution >= 0.6 is 0 Å². The van der Waals surface area contributed by atoms with Crippen molar-refractivity contribution in [1.29, 1.82) is 0 Å². The van der Waals surface area contributed by atoms with Gasteiger partial charge in [-0.3, -0.25) is 0 Å². The van der Waals surface area contributed by atoms with E-state index in [9.17, 15) is 0 Å². The van der Waals surface area contributed by atoms with Gasteiger partial charge in [0.05, 0.1) is 0 Å². The Bertz CT molecular complexity index is 275. The van der Waals surface area contributed by atoms with Gasteiger partial charge >= 0.3 is 0 Å². The van der Waals surface area contributed by atoms with Gasteiger partial charge < -0.3 is 0 Å². The number of hydrogen-bond acceptors (Lipinski definition) is 0. The van der Waals surface area contributed by atoms with Gasteiger partial charge in [0.1, 0.15) is 0 Å². The topological polar surface area (TPSA) is 0 Å². The first kappa shape index (κ1) is 10.7. The minimum atomic E-state index is 0.859. The Morgan fingerprint density at radius 1 is 1.13 bits per heavy atom. The van der Waals surface area contributed by atoms with Gasteiger partial charge in [0.2, 0.25) is 0 Å². The fraction of sp³-hybridized carbons (Fsp3) is 0.600. The molecule has 0 aliphatic heterocycles. The van der Waals surface area contributed by atoms with E-state index in [2.05, 4.69) is 37.3 Å². The molecule has 1 aromatic carbocycles. The van der Waals surface area contributed by atoms with Gasteiger partial charge in [-0.15, -0.1) is 0 Å². The van der Waals surface area contributed by atoms with Gasteiger partial charge in [-0.1, -0.05) is 56.5 Å². The number of benzene rings is 1. The van der Waals surface area contributed by atoms with E-state index in [-0.39, 0.29) is 0 Å². The Labute approximate surface area is 93.7 Å². The molecule has 0 radical (unpaired) electrons. The molecule has 1 saturated carbocycles. The Hall–Kier alpha value is -0.780. The molecule has 0 heteroatoms. The molecule has 0 amide bonds. The quantitative estimate of drug-likeness (QED) is 0.660. The predicted molar refractivity (Wildman–Crippen MR) is 66.0 cm³/mol. The zero-order valence-corrected chi connectivity index (χ0v) is 9.78. The first-order chi connectivity index (χ1) is 7.42. The van der Waals surface area contributed by atoms with Gasteiger partial charge in [0, 0.05) is 0 Å². The lowest BCUT2D eigenvalue weighted by Crippen LogP contribution is -2.05. The lowest BCUT2D eigenvalue weighted by atomic mass is 9.86. The van der Waals surface area contributed by atoms with Crippen LogP contribution in [0.5, 0.6) is 0 Å². The molecule has 0 spiro atoms. The van der Waals surface area contributed by atoms with E-state index in [0.717, 1.165) is 11.8 Å². The van der Waals surface area contributed by atoms with E-state index in [1.807, 2.05) is 0 Å². The molecule has 1 aliphatic rings. The minimum Gasteiger partial charge on any atom is -0.0654 e. The fourth-order valence-corrected chi connectivity index (χ4v) is 2.99. The molecular weight excluding hydrogens is 180 g/mol. The molecule has 2 atom stereocenters. The van der Waals surface area contributed by atoms with Crippen LogP contribution in [-0.4, -0.2) is 0 Å². The molecule has 0 aromatic heterocycles. The molecule has 2 unspecified atom stereocenters. The maximum atomic E-state index is 2.31. The maximum Gasteiger partial charge on any atom is -0.0134 e. The molecule has 0 nitrogen and oxygen atoms in total. The lowest BCUT2D eigenvalue weighted by molar-refractivity contribution is 0.432. The summed E-state index contributed by atoms with van der Waals surface area (Å²) in [6.07, 6.45) is 8.51. The average Bonchev–Trinajstić information content (AvgIpc) is 2.75. The first-order valence-corrected chi connectivity index (χ1v) is 6.46. The van der Waals surface area contributed by atoms with Crippen LogP contribution in [0.2, 0.25) is 0 Å². The highest BCUT2D eigenvalue weighted by molar-refractivity contribution is 5.21. The van der Waals surface area contributed by atoms with Gasteiger partial charge in [0.15, 0.2) is 0 Å². The average molecular weight is 202 g/mol. The van der Waals surface area contributed by atoms with Crippen LogP contribution in [0.3, 0.4) is 0 Å². The van der Waals surface area contributed by atoms with Gasteiger partial charge in [-0.2, -0.15) is 0 Å². The van der Waals surface area contributed by atoms with Crippen LogP contribution in [0.4, 0.5) is 0 Å². The van der Waals surface area contributed by atoms with Gasteiger partial charge in [-0.05, 0) is 36.7 Å². The van der Waals surface area contributed by atoms with E-state index in [4.69, 9.17) is 0 Å². The number of hydrogen-bond donors (Lipinski definition) is 0. The highest BCUT2D eigenvalue weighted by atomic mass is 14.3. The first-order valence-electron chi connectivity index (χ1n) is 6.46. The summed E-state index contributed by atoms with van der Waals surface area (Å²) in [5.74, 6) is 1.82. The van der Waals surface area contributed by atoms with Crippen molar-refractivity contribution in [2.75, 3.05) is 0 Å². The van der Waals surface area contributed by atoms with Crippen molar-refractivity contribution in [3.63, 3.8) is 0 Å². The normalized spacial score (nSPS) is 25.7. The fourth-order valence-electron chi connectivity index (χ4n) is 2.99. The van der Waals surface area contributed by atoms with Crippen LogP contribution in [-0.2, 0) is 0 Å². The molecule has 2 rings (SSSR count). The van der Waals surface area contributed by atoms with Crippen LogP contribution in [0.25, 0.3) is 0 Å². The van der Waals surface area contributed by atoms with Crippen LogP contribution in [0.1, 0.15) is 56.9 Å². The predicted octanol–water partition coefficient (Wildman–Crippen LogP) is 4.76. The maximum absolute atomic E-state index is 2.31. The number of unbranched alkanes of at least 4 members (excludes halogenated alkanes) is 1. The molecule has 0 saturated heterocycles. The van der Waals surface area contributed by atoms with Crippen molar-refractivity contribution in [1.82, 2.24) is 0 Å². The van der Waals surface area contributed by atoms with E-state index < -0.39 is 0 Å². The smallest absolute Gasteiger partial charge is 0.0134 e. The molecular formula is C15H22. The van der Waals surface area contributed by atoms with Crippen molar-refractivity contribution in [2.24, 2.45) is 5.92 Å². The van der Waals surface area contributed by atoms with Crippen molar-refractivity contribution < 1.29 is 0 Å². The monoisotopic (exact) mass is 202 g/mol. The van der Waals surface area contributed by atoms with Crippen molar-refractivity contribution in [3.05, 3.63) is 35.9 Å². The minimum absolute atomic E-state index is 0.859. The summed E-state index contributed by atoms with van der Waals surface area (Å²) in [5.41, 5.74) is 1.58. The second-order valence-electron chi connectivity index (χ2n) is 4.85. The molecule has 1 fully saturated rings. The summed E-state index contributed by atoms with van der Waals surface area (Å²) < 4.78 is 0. The molecule has 15 heavy (non-hydrogen) atoms. The molecule has 0 bridgehead atoms. The third-order valence-electron chi connectivity index (χ3n) is 3.82. The molecule has 82 valence electrons. The standard InChI is InChI=1S/C15H22/c1-2-3-8-13-11-7-12-15(13)14-9-5-4-6-10-14/h4-6,9-10,13,15H,2-3,7-8,11-12H2,1H3. The highest BCUT2D eigenvalue weighted by Crippen LogP contribution is 2.41. The zero-order chi connectivity index (χ0) is 10.5. The third-order valence-corrected chi connectivity index (χ3v) is 3.82. The Kier molecular flexibility index (Phi) is 3.82. The van der Waals surface area contributed by atoms with Crippen LogP contribution < -0.4 is 0 Å². The van der Waals surface area contributed by atoms with Crippen molar-refractivity contribution >= 4 is 0 Å². The van der Waals surface area contributed by atoms with Gasteiger partial charge in [0.25, 0.3) is 0 Å². The highest BCUT2D eigenvalue weighted by Gasteiger charge is 2.27. The van der Waals surface area contributed by atoms with E-state index in [1.165, 1.54) is 38.5 Å². The van der Waals surface area contributed by atoms with E-state index in [0.29, 0.717) is 0 Å². The summed E-state index contributed by atoms with van der Waals surface area (Å²) in [6, 6.07) is 11.1. The summed E-state index contributed by atoms with van der Waals surface area (Å²) in [5, 5.41) is 0. The SMILES string of the molecule is CCCCC1CCCC1c1ccccc1. The largest absolute Gasteiger partial charge is 0.0654 e. The molecule has 1 aromatic rings. The molecule has 0 heterocycles. The second-order valence-corrected chi connectivity index (χ2v) is 4.85. The van der Waals surface area contributed by atoms with Crippen molar-refractivity contribution in [2.45, 2.75) is 51.4 Å². The van der Waals surface area contributed by atoms with Crippen molar-refractivity contribution in [3.8, 4) is 0 Å². The Morgan fingerprint density at radius 2 is 1.93 bits per heavy atom. The Morgan fingerprint density at radius 3 is 2.67 bits per heavy atom. The molecule has 1 aliphatic carbocycles.